The second kappa shape index (κ2) is 4.92. The largest absolute Gasteiger partial charge is 0.224 e. The number of thiophene rings is 1. The summed E-state index contributed by atoms with van der Waals surface area (Å²) in [5.41, 5.74) is 5.17. The van der Waals surface area contributed by atoms with Gasteiger partial charge >= 0.3 is 0 Å². The van der Waals surface area contributed by atoms with Crippen LogP contribution in [0.3, 0.4) is 0 Å². The summed E-state index contributed by atoms with van der Waals surface area (Å²) in [5, 5.41) is 2.18. The van der Waals surface area contributed by atoms with Crippen molar-refractivity contribution in [1.82, 2.24) is 0 Å². The van der Waals surface area contributed by atoms with Crippen molar-refractivity contribution in [1.29, 1.82) is 0 Å². The molecule has 0 amide bonds. The van der Waals surface area contributed by atoms with Crippen LogP contribution in [0.5, 0.6) is 0 Å². The number of hydrogen-bond acceptors (Lipinski definition) is 3. The third-order valence-electron chi connectivity index (χ3n) is 4.57. The molecular formula is C19H18O2S2. The summed E-state index contributed by atoms with van der Waals surface area (Å²) in [4.78, 5) is 1.67. The summed E-state index contributed by atoms with van der Waals surface area (Å²) in [7, 11) is -3.15. The zero-order valence-electron chi connectivity index (χ0n) is 13.2. The van der Waals surface area contributed by atoms with Gasteiger partial charge in [0.25, 0.3) is 0 Å². The summed E-state index contributed by atoms with van der Waals surface area (Å²) in [5.74, 6) is 0. The molecule has 4 heteroatoms. The fourth-order valence-electron chi connectivity index (χ4n) is 3.10. The van der Waals surface area contributed by atoms with Gasteiger partial charge in [0.05, 0.1) is 4.90 Å². The second-order valence-electron chi connectivity index (χ2n) is 6.63. The number of benzene rings is 1. The van der Waals surface area contributed by atoms with Gasteiger partial charge in [-0.05, 0) is 65.6 Å². The van der Waals surface area contributed by atoms with Crippen LogP contribution in [0.2, 0.25) is 0 Å². The normalized spacial score (nSPS) is 18.9. The van der Waals surface area contributed by atoms with E-state index in [4.69, 9.17) is 0 Å². The van der Waals surface area contributed by atoms with Gasteiger partial charge < -0.3 is 0 Å². The molecule has 0 unspecified atom stereocenters. The lowest BCUT2D eigenvalue weighted by Crippen LogP contribution is -1.97. The predicted molar refractivity (Wildman–Crippen MR) is 96.2 cm³/mol. The fraction of sp³-hybridized carbons (Fsp3) is 0.263. The first-order valence-electron chi connectivity index (χ1n) is 7.68. The summed E-state index contributed by atoms with van der Waals surface area (Å²) >= 11 is 1.78. The Morgan fingerprint density at radius 3 is 2.22 bits per heavy atom. The minimum Gasteiger partial charge on any atom is -0.224 e. The number of allylic oxidation sites excluding steroid dienone is 4. The van der Waals surface area contributed by atoms with Crippen LogP contribution in [0.15, 0.2) is 52.8 Å². The quantitative estimate of drug-likeness (QED) is 0.809. The molecule has 0 saturated heterocycles. The van der Waals surface area contributed by atoms with E-state index in [1.165, 1.54) is 40.7 Å². The molecule has 118 valence electrons. The molecule has 1 aromatic heterocycles. The maximum Gasteiger partial charge on any atom is 0.175 e. The molecule has 1 aromatic carbocycles. The molecule has 2 nitrogen and oxygen atoms in total. The van der Waals surface area contributed by atoms with Gasteiger partial charge in [0, 0.05) is 16.5 Å². The molecule has 1 saturated carbocycles. The lowest BCUT2D eigenvalue weighted by Gasteiger charge is -2.08. The Morgan fingerprint density at radius 1 is 1.04 bits per heavy atom. The lowest BCUT2D eigenvalue weighted by atomic mass is 9.99. The standard InChI is InChI=1S/C19H18O2S2/c1-13-9-18(22-12-13)17-11-19(7-8-19)10-16(17)14-3-5-15(6-4-14)23(2,20)21/h3-6,9-12H,7-8H2,1-2H3. The minimum absolute atomic E-state index is 0.248. The molecule has 2 aromatic rings. The van der Waals surface area contributed by atoms with Gasteiger partial charge in [0.15, 0.2) is 9.84 Å². The van der Waals surface area contributed by atoms with Crippen molar-refractivity contribution in [2.45, 2.75) is 24.7 Å². The molecule has 0 atom stereocenters. The molecular weight excluding hydrogens is 324 g/mol. The van der Waals surface area contributed by atoms with Crippen molar-refractivity contribution in [2.24, 2.45) is 5.41 Å². The first kappa shape index (κ1) is 14.9. The molecule has 0 bridgehead atoms. The molecule has 1 fully saturated rings. The topological polar surface area (TPSA) is 34.1 Å². The first-order chi connectivity index (χ1) is 10.9. The van der Waals surface area contributed by atoms with Crippen LogP contribution < -0.4 is 0 Å². The van der Waals surface area contributed by atoms with Gasteiger partial charge in [0.1, 0.15) is 0 Å². The Morgan fingerprint density at radius 2 is 1.70 bits per heavy atom. The van der Waals surface area contributed by atoms with E-state index in [1.807, 2.05) is 12.1 Å². The Hall–Kier alpha value is -1.65. The third kappa shape index (κ3) is 2.70. The molecule has 0 radical (unpaired) electrons. The maximum atomic E-state index is 11.6. The van der Waals surface area contributed by atoms with E-state index in [0.29, 0.717) is 4.90 Å². The van der Waals surface area contributed by atoms with Gasteiger partial charge in [-0.3, -0.25) is 0 Å². The third-order valence-corrected chi connectivity index (χ3v) is 6.78. The monoisotopic (exact) mass is 342 g/mol. The fourth-order valence-corrected chi connectivity index (χ4v) is 4.66. The van der Waals surface area contributed by atoms with Crippen LogP contribution in [-0.2, 0) is 9.84 Å². The Balaban J connectivity index is 1.77. The predicted octanol–water partition coefficient (Wildman–Crippen LogP) is 4.72. The van der Waals surface area contributed by atoms with Crippen molar-refractivity contribution in [3.05, 3.63) is 63.9 Å². The number of aryl methyl sites for hydroxylation is 1. The smallest absolute Gasteiger partial charge is 0.175 e. The van der Waals surface area contributed by atoms with Crippen molar-refractivity contribution in [3.8, 4) is 0 Å². The van der Waals surface area contributed by atoms with Gasteiger partial charge in [0.2, 0.25) is 0 Å². The van der Waals surface area contributed by atoms with Gasteiger partial charge in [-0.25, -0.2) is 8.42 Å². The lowest BCUT2D eigenvalue weighted by molar-refractivity contribution is 0.602. The van der Waals surface area contributed by atoms with E-state index < -0.39 is 9.84 Å². The zero-order valence-corrected chi connectivity index (χ0v) is 14.8. The van der Waals surface area contributed by atoms with E-state index in [1.54, 1.807) is 23.5 Å². The average Bonchev–Trinajstić information content (AvgIpc) is 2.93. The Kier molecular flexibility index (Phi) is 3.19. The van der Waals surface area contributed by atoms with Crippen LogP contribution in [0.1, 0.15) is 28.8 Å². The summed E-state index contributed by atoms with van der Waals surface area (Å²) < 4.78 is 23.3. The van der Waals surface area contributed by atoms with Crippen molar-refractivity contribution >= 4 is 32.3 Å². The summed E-state index contributed by atoms with van der Waals surface area (Å²) in [6, 6.07) is 9.51. The molecule has 23 heavy (non-hydrogen) atoms. The molecule has 1 spiro atoms. The number of sulfone groups is 1. The number of rotatable bonds is 3. The van der Waals surface area contributed by atoms with E-state index in [0.717, 1.165) is 5.56 Å². The van der Waals surface area contributed by atoms with Crippen LogP contribution in [-0.4, -0.2) is 14.7 Å². The highest BCUT2D eigenvalue weighted by Gasteiger charge is 2.43. The summed E-state index contributed by atoms with van der Waals surface area (Å²) in [6.07, 6.45) is 8.44. The van der Waals surface area contributed by atoms with E-state index in [2.05, 4.69) is 30.5 Å². The SMILES string of the molecule is Cc1csc(C2=CC3(C=C2c2ccc(S(C)(=O)=O)cc2)CC3)c1. The van der Waals surface area contributed by atoms with Gasteiger partial charge in [-0.1, -0.05) is 24.3 Å². The highest BCUT2D eigenvalue weighted by Crippen LogP contribution is 2.58. The Labute approximate surface area is 141 Å². The highest BCUT2D eigenvalue weighted by molar-refractivity contribution is 7.90. The minimum atomic E-state index is -3.15. The maximum absolute atomic E-state index is 11.6. The average molecular weight is 342 g/mol. The first-order valence-corrected chi connectivity index (χ1v) is 10.5. The molecule has 0 aliphatic heterocycles. The molecule has 4 rings (SSSR count). The Bertz CT molecular complexity index is 938. The molecule has 2 aliphatic rings. The summed E-state index contributed by atoms with van der Waals surface area (Å²) in [6.45, 7) is 2.12. The van der Waals surface area contributed by atoms with Gasteiger partial charge in [-0.2, -0.15) is 0 Å². The molecule has 1 heterocycles. The van der Waals surface area contributed by atoms with Crippen molar-refractivity contribution in [2.75, 3.05) is 6.26 Å². The van der Waals surface area contributed by atoms with Crippen LogP contribution in [0, 0.1) is 12.3 Å². The van der Waals surface area contributed by atoms with Crippen molar-refractivity contribution < 1.29 is 8.42 Å². The highest BCUT2D eigenvalue weighted by atomic mass is 32.2. The number of hydrogen-bond donors (Lipinski definition) is 0. The van der Waals surface area contributed by atoms with E-state index in [-0.39, 0.29) is 5.41 Å². The van der Waals surface area contributed by atoms with Crippen molar-refractivity contribution in [3.63, 3.8) is 0 Å². The van der Waals surface area contributed by atoms with E-state index in [9.17, 15) is 8.42 Å². The molecule has 2 aliphatic carbocycles. The zero-order chi connectivity index (χ0) is 16.2. The van der Waals surface area contributed by atoms with Gasteiger partial charge in [-0.15, -0.1) is 11.3 Å². The van der Waals surface area contributed by atoms with Crippen LogP contribution >= 0.6 is 11.3 Å². The van der Waals surface area contributed by atoms with E-state index >= 15 is 0 Å². The second-order valence-corrected chi connectivity index (χ2v) is 9.56. The van der Waals surface area contributed by atoms with Crippen LogP contribution in [0.25, 0.3) is 11.1 Å². The molecule has 0 N–H and O–H groups in total. The van der Waals surface area contributed by atoms with Crippen LogP contribution in [0.4, 0.5) is 0 Å².